The molecule has 2 aliphatic heterocycles. The molecule has 116 valence electrons. The van der Waals surface area contributed by atoms with E-state index >= 15 is 0 Å². The van der Waals surface area contributed by atoms with Crippen molar-refractivity contribution in [1.82, 2.24) is 9.88 Å². The van der Waals surface area contributed by atoms with Crippen LogP contribution in [-0.2, 0) is 4.74 Å². The minimum Gasteiger partial charge on any atom is -0.444 e. The monoisotopic (exact) mass is 300 g/mol. The Labute approximate surface area is 130 Å². The molecule has 0 aromatic carbocycles. The molecule has 6 nitrogen and oxygen atoms in total. The number of fused-ring (bicyclic) bond motifs is 2. The summed E-state index contributed by atoms with van der Waals surface area (Å²) >= 11 is 0. The molecule has 0 N–H and O–H groups in total. The average Bonchev–Trinajstić information content (AvgIpc) is 3.05. The van der Waals surface area contributed by atoms with Gasteiger partial charge < -0.3 is 14.5 Å². The van der Waals surface area contributed by atoms with Crippen molar-refractivity contribution in [3.8, 4) is 6.07 Å². The van der Waals surface area contributed by atoms with Gasteiger partial charge in [-0.3, -0.25) is 0 Å². The van der Waals surface area contributed by atoms with Gasteiger partial charge >= 0.3 is 6.09 Å². The number of nitrogens with zero attached hydrogens (tertiary/aromatic N) is 4. The van der Waals surface area contributed by atoms with Gasteiger partial charge in [0.2, 0.25) is 0 Å². The molecular formula is C16H20N4O2. The molecule has 1 amide bonds. The Morgan fingerprint density at radius 2 is 2.14 bits per heavy atom. The molecule has 6 heteroatoms. The lowest BCUT2D eigenvalue weighted by Gasteiger charge is -2.35. The van der Waals surface area contributed by atoms with Gasteiger partial charge in [0.05, 0.1) is 17.6 Å². The largest absolute Gasteiger partial charge is 0.444 e. The minimum atomic E-state index is -0.465. The number of amides is 1. The second kappa shape index (κ2) is 5.16. The number of nitriles is 1. The van der Waals surface area contributed by atoms with E-state index < -0.39 is 5.60 Å². The van der Waals surface area contributed by atoms with E-state index in [-0.39, 0.29) is 18.2 Å². The third-order valence-electron chi connectivity index (χ3n) is 4.04. The van der Waals surface area contributed by atoms with Crippen molar-refractivity contribution in [2.75, 3.05) is 18.0 Å². The van der Waals surface area contributed by atoms with E-state index in [9.17, 15) is 4.79 Å². The Bertz CT molecular complexity index is 615. The summed E-state index contributed by atoms with van der Waals surface area (Å²) in [6.45, 7) is 7.08. The first-order valence-corrected chi connectivity index (χ1v) is 7.50. The summed E-state index contributed by atoms with van der Waals surface area (Å²) in [7, 11) is 0. The summed E-state index contributed by atoms with van der Waals surface area (Å²) in [4.78, 5) is 20.6. The number of pyridine rings is 1. The number of ether oxygens (including phenoxy) is 1. The van der Waals surface area contributed by atoms with E-state index in [1.807, 2.05) is 31.7 Å². The fourth-order valence-electron chi connectivity index (χ4n) is 3.11. The highest BCUT2D eigenvalue weighted by atomic mass is 16.6. The molecule has 2 aliphatic rings. The second-order valence-corrected chi connectivity index (χ2v) is 6.85. The summed E-state index contributed by atoms with van der Waals surface area (Å²) in [5.74, 6) is 0.871. The number of likely N-dealkylation sites (tertiary alicyclic amines) is 1. The van der Waals surface area contributed by atoms with Gasteiger partial charge in [0, 0.05) is 19.3 Å². The van der Waals surface area contributed by atoms with E-state index in [4.69, 9.17) is 10.00 Å². The molecule has 22 heavy (non-hydrogen) atoms. The molecule has 0 saturated carbocycles. The Kier molecular flexibility index (Phi) is 3.44. The number of rotatable bonds is 1. The highest BCUT2D eigenvalue weighted by molar-refractivity contribution is 5.70. The number of carbonyl (C=O) groups is 1. The summed E-state index contributed by atoms with van der Waals surface area (Å²) in [5.41, 5.74) is 0.0938. The van der Waals surface area contributed by atoms with Crippen molar-refractivity contribution in [3.63, 3.8) is 0 Å². The van der Waals surface area contributed by atoms with Crippen LogP contribution in [0.5, 0.6) is 0 Å². The zero-order valence-corrected chi connectivity index (χ0v) is 13.1. The Morgan fingerprint density at radius 1 is 1.36 bits per heavy atom. The maximum atomic E-state index is 12.2. The van der Waals surface area contributed by atoms with E-state index in [0.717, 1.165) is 18.8 Å². The van der Waals surface area contributed by atoms with Gasteiger partial charge in [-0.2, -0.15) is 5.26 Å². The highest BCUT2D eigenvalue weighted by Crippen LogP contribution is 2.34. The average molecular weight is 300 g/mol. The van der Waals surface area contributed by atoms with Crippen LogP contribution in [0.3, 0.4) is 0 Å². The fraction of sp³-hybridized carbons (Fsp3) is 0.562. The SMILES string of the molecule is CC(C)(C)OC(=O)N1CC2CC1CN2c1ccc(C#N)cn1. The lowest BCUT2D eigenvalue weighted by molar-refractivity contribution is 0.0214. The number of hydrogen-bond donors (Lipinski definition) is 0. The number of hydrogen-bond acceptors (Lipinski definition) is 5. The van der Waals surface area contributed by atoms with Gasteiger partial charge in [-0.15, -0.1) is 0 Å². The quantitative estimate of drug-likeness (QED) is 0.795. The van der Waals surface area contributed by atoms with Crippen molar-refractivity contribution < 1.29 is 9.53 Å². The molecule has 2 bridgehead atoms. The summed E-state index contributed by atoms with van der Waals surface area (Å²) in [6.07, 6.45) is 2.31. The molecule has 1 aromatic rings. The van der Waals surface area contributed by atoms with Crippen molar-refractivity contribution in [3.05, 3.63) is 23.9 Å². The maximum Gasteiger partial charge on any atom is 0.410 e. The molecule has 2 atom stereocenters. The van der Waals surface area contributed by atoms with Crippen molar-refractivity contribution in [2.24, 2.45) is 0 Å². The Morgan fingerprint density at radius 3 is 2.64 bits per heavy atom. The predicted molar refractivity (Wildman–Crippen MR) is 81.4 cm³/mol. The van der Waals surface area contributed by atoms with Crippen LogP contribution in [0, 0.1) is 11.3 Å². The summed E-state index contributed by atoms with van der Waals surface area (Å²) in [6, 6.07) is 6.18. The molecule has 1 aromatic heterocycles. The lowest BCUT2D eigenvalue weighted by atomic mass is 10.2. The van der Waals surface area contributed by atoms with E-state index in [1.54, 1.807) is 12.3 Å². The Hall–Kier alpha value is -2.29. The summed E-state index contributed by atoms with van der Waals surface area (Å²) < 4.78 is 5.46. The van der Waals surface area contributed by atoms with Crippen molar-refractivity contribution >= 4 is 11.9 Å². The number of carbonyl (C=O) groups excluding carboxylic acids is 1. The fourth-order valence-corrected chi connectivity index (χ4v) is 3.11. The van der Waals surface area contributed by atoms with E-state index in [1.165, 1.54) is 0 Å². The number of anilines is 1. The van der Waals surface area contributed by atoms with Gasteiger partial charge in [-0.05, 0) is 39.3 Å². The second-order valence-electron chi connectivity index (χ2n) is 6.85. The van der Waals surface area contributed by atoms with Crippen molar-refractivity contribution in [2.45, 2.75) is 44.9 Å². The zero-order valence-electron chi connectivity index (χ0n) is 13.1. The topological polar surface area (TPSA) is 69.5 Å². The molecular weight excluding hydrogens is 280 g/mol. The third-order valence-corrected chi connectivity index (χ3v) is 4.04. The smallest absolute Gasteiger partial charge is 0.410 e. The molecule has 2 fully saturated rings. The lowest BCUT2D eigenvalue weighted by Crippen LogP contribution is -2.50. The van der Waals surface area contributed by atoms with Gasteiger partial charge in [0.15, 0.2) is 0 Å². The van der Waals surface area contributed by atoms with Crippen LogP contribution >= 0.6 is 0 Å². The first-order chi connectivity index (χ1) is 10.4. The van der Waals surface area contributed by atoms with Gasteiger partial charge in [0.25, 0.3) is 0 Å². The number of piperazine rings is 1. The van der Waals surface area contributed by atoms with E-state index in [2.05, 4.69) is 16.0 Å². The molecule has 0 spiro atoms. The predicted octanol–water partition coefficient (Wildman–Crippen LogP) is 2.15. The van der Waals surface area contributed by atoms with Crippen LogP contribution in [0.15, 0.2) is 18.3 Å². The molecule has 0 radical (unpaired) electrons. The van der Waals surface area contributed by atoms with Crippen LogP contribution in [0.25, 0.3) is 0 Å². The first-order valence-electron chi connectivity index (χ1n) is 7.50. The van der Waals surface area contributed by atoms with E-state index in [0.29, 0.717) is 12.1 Å². The van der Waals surface area contributed by atoms with Crippen LogP contribution in [0.2, 0.25) is 0 Å². The van der Waals surface area contributed by atoms with Gasteiger partial charge in [0.1, 0.15) is 17.5 Å². The maximum absolute atomic E-state index is 12.2. The van der Waals surface area contributed by atoms with Gasteiger partial charge in [-0.25, -0.2) is 9.78 Å². The first kappa shape index (κ1) is 14.6. The molecule has 3 heterocycles. The zero-order chi connectivity index (χ0) is 15.9. The minimum absolute atomic E-state index is 0.178. The molecule has 0 aliphatic carbocycles. The third kappa shape index (κ3) is 2.71. The molecule has 2 unspecified atom stereocenters. The van der Waals surface area contributed by atoms with Gasteiger partial charge in [-0.1, -0.05) is 0 Å². The van der Waals surface area contributed by atoms with Crippen LogP contribution in [-0.4, -0.2) is 46.8 Å². The Balaban J connectivity index is 1.66. The number of aromatic nitrogens is 1. The van der Waals surface area contributed by atoms with Crippen LogP contribution < -0.4 is 4.90 Å². The summed E-state index contributed by atoms with van der Waals surface area (Å²) in [5, 5.41) is 8.83. The molecule has 3 rings (SSSR count). The van der Waals surface area contributed by atoms with Crippen LogP contribution in [0.1, 0.15) is 32.8 Å². The normalized spacial score (nSPS) is 23.5. The molecule has 2 saturated heterocycles. The van der Waals surface area contributed by atoms with Crippen molar-refractivity contribution in [1.29, 1.82) is 5.26 Å². The van der Waals surface area contributed by atoms with Crippen LogP contribution in [0.4, 0.5) is 10.6 Å². The highest BCUT2D eigenvalue weighted by Gasteiger charge is 2.46. The standard InChI is InChI=1S/C16H20N4O2/c1-16(2,3)22-15(21)20-10-12-6-13(20)9-19(12)14-5-4-11(7-17)8-18-14/h4-5,8,12-13H,6,9-10H2,1-3H3.